The minimum atomic E-state index is -3.63. The third-order valence-electron chi connectivity index (χ3n) is 4.55. The molecule has 1 aromatic rings. The number of likely N-dealkylation sites (tertiary alicyclic amines) is 1. The van der Waals surface area contributed by atoms with Crippen molar-refractivity contribution in [2.24, 2.45) is 0 Å². The van der Waals surface area contributed by atoms with E-state index < -0.39 is 21.7 Å². The van der Waals surface area contributed by atoms with E-state index in [0.29, 0.717) is 31.7 Å². The number of sulfonamides is 1. The fraction of sp³-hybridized carbons (Fsp3) is 0.600. The van der Waals surface area contributed by atoms with E-state index in [-0.39, 0.29) is 29.8 Å². The summed E-state index contributed by atoms with van der Waals surface area (Å²) in [4.78, 5) is 25.8. The molecular weight excluding hydrogens is 410 g/mol. The normalized spacial score (nSPS) is 15.5. The Bertz CT molecular complexity index is 825. The van der Waals surface area contributed by atoms with Crippen molar-refractivity contribution < 1.29 is 27.5 Å². The van der Waals surface area contributed by atoms with Gasteiger partial charge >= 0.3 is 6.09 Å². The molecule has 0 atom stereocenters. The standard InChI is InChI=1S/C20H31N3O6S/c1-20(2,3)29-19(25)21-12-9-18(24)23-13-10-15(11-14-23)22-30(26,27)17-7-5-16(28-4)6-8-17/h5-8,15,22H,9-14H2,1-4H3,(H,21,25). The molecule has 1 fully saturated rings. The number of nitrogens with zero attached hydrogens (tertiary/aromatic N) is 1. The molecule has 2 N–H and O–H groups in total. The first-order chi connectivity index (χ1) is 14.0. The van der Waals surface area contributed by atoms with E-state index in [0.717, 1.165) is 0 Å². The number of methoxy groups -OCH3 is 1. The quantitative estimate of drug-likeness (QED) is 0.668. The zero-order chi connectivity index (χ0) is 22.4. The lowest BCUT2D eigenvalue weighted by molar-refractivity contribution is -0.132. The molecule has 2 amide bonds. The molecule has 2 rings (SSSR count). The van der Waals surface area contributed by atoms with E-state index in [1.165, 1.54) is 19.2 Å². The number of benzene rings is 1. The zero-order valence-electron chi connectivity index (χ0n) is 17.9. The number of piperidine rings is 1. The first-order valence-electron chi connectivity index (χ1n) is 9.91. The number of nitrogens with one attached hydrogen (secondary N) is 2. The average Bonchev–Trinajstić information content (AvgIpc) is 2.67. The molecule has 168 valence electrons. The minimum absolute atomic E-state index is 0.0810. The average molecular weight is 442 g/mol. The van der Waals surface area contributed by atoms with E-state index in [1.54, 1.807) is 37.8 Å². The van der Waals surface area contributed by atoms with E-state index in [4.69, 9.17) is 9.47 Å². The maximum Gasteiger partial charge on any atom is 0.407 e. The van der Waals surface area contributed by atoms with Crippen molar-refractivity contribution in [3.8, 4) is 5.75 Å². The molecule has 0 bridgehead atoms. The fourth-order valence-electron chi connectivity index (χ4n) is 3.03. The summed E-state index contributed by atoms with van der Waals surface area (Å²) in [5.41, 5.74) is -0.588. The summed E-state index contributed by atoms with van der Waals surface area (Å²) >= 11 is 0. The predicted octanol–water partition coefficient (Wildman–Crippen LogP) is 1.88. The number of carbonyl (C=O) groups is 2. The van der Waals surface area contributed by atoms with Crippen LogP contribution in [-0.4, -0.2) is 63.7 Å². The SMILES string of the molecule is COc1ccc(S(=O)(=O)NC2CCN(C(=O)CCNC(=O)OC(C)(C)C)CC2)cc1. The van der Waals surface area contributed by atoms with Crippen LogP contribution in [0.3, 0.4) is 0 Å². The van der Waals surface area contributed by atoms with Crippen LogP contribution in [0.2, 0.25) is 0 Å². The number of hydrogen-bond acceptors (Lipinski definition) is 6. The molecule has 0 saturated carbocycles. The summed E-state index contributed by atoms with van der Waals surface area (Å²) < 4.78 is 38.0. The summed E-state index contributed by atoms with van der Waals surface area (Å²) in [5.74, 6) is 0.504. The molecule has 30 heavy (non-hydrogen) atoms. The lowest BCUT2D eigenvalue weighted by Crippen LogP contribution is -2.47. The Balaban J connectivity index is 1.76. The van der Waals surface area contributed by atoms with Crippen molar-refractivity contribution in [1.29, 1.82) is 0 Å². The first-order valence-corrected chi connectivity index (χ1v) is 11.4. The zero-order valence-corrected chi connectivity index (χ0v) is 18.8. The fourth-order valence-corrected chi connectivity index (χ4v) is 4.34. The van der Waals surface area contributed by atoms with E-state index in [1.807, 2.05) is 0 Å². The number of ether oxygens (including phenoxy) is 2. The summed E-state index contributed by atoms with van der Waals surface area (Å²) in [7, 11) is -2.11. The molecule has 1 saturated heterocycles. The number of alkyl carbamates (subject to hydrolysis) is 1. The summed E-state index contributed by atoms with van der Waals surface area (Å²) in [6.45, 7) is 6.42. The Morgan fingerprint density at radius 1 is 1.13 bits per heavy atom. The Morgan fingerprint density at radius 3 is 2.27 bits per heavy atom. The van der Waals surface area contributed by atoms with Gasteiger partial charge in [0, 0.05) is 32.1 Å². The second-order valence-electron chi connectivity index (χ2n) is 8.13. The number of rotatable bonds is 7. The smallest absolute Gasteiger partial charge is 0.407 e. The lowest BCUT2D eigenvalue weighted by Gasteiger charge is -2.32. The van der Waals surface area contributed by atoms with Gasteiger partial charge in [0.15, 0.2) is 0 Å². The Morgan fingerprint density at radius 2 is 1.73 bits per heavy atom. The number of amides is 2. The van der Waals surface area contributed by atoms with Gasteiger partial charge in [-0.1, -0.05) is 0 Å². The third-order valence-corrected chi connectivity index (χ3v) is 6.08. The van der Waals surface area contributed by atoms with Crippen LogP contribution in [0.4, 0.5) is 4.79 Å². The predicted molar refractivity (Wildman–Crippen MR) is 112 cm³/mol. The van der Waals surface area contributed by atoms with Crippen molar-refractivity contribution in [2.45, 2.75) is 56.6 Å². The maximum atomic E-state index is 12.5. The molecule has 1 aromatic carbocycles. The monoisotopic (exact) mass is 441 g/mol. The highest BCUT2D eigenvalue weighted by Gasteiger charge is 2.26. The lowest BCUT2D eigenvalue weighted by atomic mass is 10.1. The van der Waals surface area contributed by atoms with Gasteiger partial charge in [-0.05, 0) is 57.9 Å². The topological polar surface area (TPSA) is 114 Å². The van der Waals surface area contributed by atoms with E-state index in [9.17, 15) is 18.0 Å². The number of carbonyl (C=O) groups excluding carboxylic acids is 2. The highest BCUT2D eigenvalue weighted by Crippen LogP contribution is 2.18. The summed E-state index contributed by atoms with van der Waals surface area (Å²) in [6, 6.07) is 5.96. The van der Waals surface area contributed by atoms with Crippen LogP contribution in [0.1, 0.15) is 40.0 Å². The van der Waals surface area contributed by atoms with Gasteiger partial charge < -0.3 is 19.7 Å². The van der Waals surface area contributed by atoms with Crippen molar-refractivity contribution in [2.75, 3.05) is 26.7 Å². The molecule has 1 aliphatic heterocycles. The van der Waals surface area contributed by atoms with Crippen molar-refractivity contribution in [1.82, 2.24) is 14.9 Å². The van der Waals surface area contributed by atoms with Gasteiger partial charge in [-0.3, -0.25) is 4.79 Å². The van der Waals surface area contributed by atoms with Crippen LogP contribution in [0.5, 0.6) is 5.75 Å². The van der Waals surface area contributed by atoms with Gasteiger partial charge in [0.1, 0.15) is 11.4 Å². The van der Waals surface area contributed by atoms with E-state index in [2.05, 4.69) is 10.0 Å². The van der Waals surface area contributed by atoms with E-state index >= 15 is 0 Å². The van der Waals surface area contributed by atoms with Crippen LogP contribution in [0.15, 0.2) is 29.2 Å². The molecule has 0 aliphatic carbocycles. The van der Waals surface area contributed by atoms with Crippen molar-refractivity contribution in [3.63, 3.8) is 0 Å². The Kier molecular flexibility index (Phi) is 8.08. The molecule has 0 spiro atoms. The minimum Gasteiger partial charge on any atom is -0.497 e. The molecule has 9 nitrogen and oxygen atoms in total. The maximum absolute atomic E-state index is 12.5. The van der Waals surface area contributed by atoms with Gasteiger partial charge in [-0.25, -0.2) is 17.9 Å². The van der Waals surface area contributed by atoms with Crippen molar-refractivity contribution >= 4 is 22.0 Å². The number of hydrogen-bond donors (Lipinski definition) is 2. The largest absolute Gasteiger partial charge is 0.497 e. The molecule has 10 heteroatoms. The molecule has 1 heterocycles. The van der Waals surface area contributed by atoms with Crippen LogP contribution >= 0.6 is 0 Å². The second kappa shape index (κ2) is 10.1. The molecule has 0 radical (unpaired) electrons. The van der Waals surface area contributed by atoms with Gasteiger partial charge in [-0.2, -0.15) is 0 Å². The van der Waals surface area contributed by atoms with Gasteiger partial charge in [0.25, 0.3) is 0 Å². The molecule has 0 aromatic heterocycles. The first kappa shape index (κ1) is 23.9. The highest BCUT2D eigenvalue weighted by atomic mass is 32.2. The van der Waals surface area contributed by atoms with Crippen LogP contribution in [0, 0.1) is 0 Å². The molecular formula is C20H31N3O6S. The van der Waals surface area contributed by atoms with Crippen LogP contribution in [0.25, 0.3) is 0 Å². The molecule has 1 aliphatic rings. The second-order valence-corrected chi connectivity index (χ2v) is 9.84. The summed E-state index contributed by atoms with van der Waals surface area (Å²) in [6.07, 6.45) is 0.671. The van der Waals surface area contributed by atoms with Crippen LogP contribution < -0.4 is 14.8 Å². The van der Waals surface area contributed by atoms with Gasteiger partial charge in [0.2, 0.25) is 15.9 Å². The highest BCUT2D eigenvalue weighted by molar-refractivity contribution is 7.89. The van der Waals surface area contributed by atoms with Gasteiger partial charge in [-0.15, -0.1) is 0 Å². The summed E-state index contributed by atoms with van der Waals surface area (Å²) in [5, 5.41) is 2.57. The van der Waals surface area contributed by atoms with Crippen LogP contribution in [-0.2, 0) is 19.6 Å². The third kappa shape index (κ3) is 7.49. The Hall–Kier alpha value is -2.33. The van der Waals surface area contributed by atoms with Gasteiger partial charge in [0.05, 0.1) is 12.0 Å². The van der Waals surface area contributed by atoms with Crippen molar-refractivity contribution in [3.05, 3.63) is 24.3 Å². The molecule has 0 unspecified atom stereocenters. The Labute approximate surface area is 178 Å².